The molecular weight excluding hydrogens is 352 g/mol. The number of likely N-dealkylation sites (tertiary alicyclic amines) is 1. The standard InChI is InChI=1S/C17H30N6O4/c1-17(2,3)22-9-7-21(8-10-22)16(27)23-12(14(25)26)11(13(23)24)5-4-6-20-15(18)19/h11-12H,4-10H2,1-3H3,(H,25,26)(H4,18,19,20)/t11-,12+/m1/s1. The zero-order valence-corrected chi connectivity index (χ0v) is 16.2. The zero-order chi connectivity index (χ0) is 20.4. The number of imide groups is 1. The van der Waals surface area contributed by atoms with E-state index in [-0.39, 0.29) is 11.5 Å². The summed E-state index contributed by atoms with van der Waals surface area (Å²) in [6.07, 6.45) is 0.804. The second-order valence-corrected chi connectivity index (χ2v) is 7.97. The Labute approximate surface area is 159 Å². The average molecular weight is 382 g/mol. The summed E-state index contributed by atoms with van der Waals surface area (Å²) in [4.78, 5) is 45.3. The Morgan fingerprint density at radius 3 is 2.26 bits per heavy atom. The molecule has 0 saturated carbocycles. The van der Waals surface area contributed by atoms with Gasteiger partial charge in [0, 0.05) is 38.3 Å². The van der Waals surface area contributed by atoms with Gasteiger partial charge in [-0.1, -0.05) is 0 Å². The van der Waals surface area contributed by atoms with Gasteiger partial charge >= 0.3 is 12.0 Å². The number of carbonyl (C=O) groups is 3. The van der Waals surface area contributed by atoms with Gasteiger partial charge in [-0.25, -0.2) is 14.5 Å². The molecule has 5 N–H and O–H groups in total. The molecule has 0 bridgehead atoms. The van der Waals surface area contributed by atoms with Crippen molar-refractivity contribution in [3.63, 3.8) is 0 Å². The number of hydrogen-bond acceptors (Lipinski definition) is 5. The fourth-order valence-corrected chi connectivity index (χ4v) is 3.57. The molecule has 10 heteroatoms. The number of amides is 3. The first-order valence-corrected chi connectivity index (χ1v) is 9.19. The van der Waals surface area contributed by atoms with E-state index >= 15 is 0 Å². The van der Waals surface area contributed by atoms with E-state index in [1.165, 1.54) is 0 Å². The van der Waals surface area contributed by atoms with Crippen molar-refractivity contribution < 1.29 is 19.5 Å². The number of carboxylic acids is 1. The fraction of sp³-hybridized carbons (Fsp3) is 0.765. The van der Waals surface area contributed by atoms with E-state index < -0.39 is 29.9 Å². The summed E-state index contributed by atoms with van der Waals surface area (Å²) >= 11 is 0. The number of hydrogen-bond donors (Lipinski definition) is 3. The van der Waals surface area contributed by atoms with Crippen LogP contribution in [0.15, 0.2) is 4.99 Å². The number of aliphatic imine (C=N–C) groups is 1. The summed E-state index contributed by atoms with van der Waals surface area (Å²) in [5.74, 6) is -2.36. The molecule has 0 aliphatic carbocycles. The van der Waals surface area contributed by atoms with Crippen molar-refractivity contribution in [2.24, 2.45) is 22.4 Å². The van der Waals surface area contributed by atoms with E-state index in [4.69, 9.17) is 11.5 Å². The highest BCUT2D eigenvalue weighted by atomic mass is 16.4. The average Bonchev–Trinajstić information content (AvgIpc) is 2.57. The number of piperazine rings is 1. The maximum atomic E-state index is 12.7. The molecule has 2 atom stereocenters. The van der Waals surface area contributed by atoms with Crippen LogP contribution < -0.4 is 11.5 Å². The largest absolute Gasteiger partial charge is 0.480 e. The molecule has 2 aliphatic rings. The van der Waals surface area contributed by atoms with Gasteiger partial charge in [0.1, 0.15) is 0 Å². The quantitative estimate of drug-likeness (QED) is 0.251. The molecule has 2 saturated heterocycles. The number of rotatable bonds is 5. The molecule has 27 heavy (non-hydrogen) atoms. The van der Waals surface area contributed by atoms with Gasteiger partial charge in [0.15, 0.2) is 12.0 Å². The van der Waals surface area contributed by atoms with Gasteiger partial charge in [-0.2, -0.15) is 0 Å². The minimum absolute atomic E-state index is 0.00577. The SMILES string of the molecule is CC(C)(C)N1CCN(C(=O)N2C(=O)[C@H](CCCN=C(N)N)[C@H]2C(=O)O)CC1. The minimum Gasteiger partial charge on any atom is -0.480 e. The molecule has 10 nitrogen and oxygen atoms in total. The Kier molecular flexibility index (Phi) is 6.30. The number of carbonyl (C=O) groups excluding carboxylic acids is 2. The van der Waals surface area contributed by atoms with Crippen LogP contribution in [0.3, 0.4) is 0 Å². The lowest BCUT2D eigenvalue weighted by atomic mass is 9.84. The van der Waals surface area contributed by atoms with Crippen LogP contribution in [0.4, 0.5) is 4.79 Å². The Morgan fingerprint density at radius 1 is 1.19 bits per heavy atom. The highest BCUT2D eigenvalue weighted by molar-refractivity contribution is 6.07. The summed E-state index contributed by atoms with van der Waals surface area (Å²) in [6, 6.07) is -1.63. The molecule has 0 unspecified atom stereocenters. The molecule has 3 amide bonds. The van der Waals surface area contributed by atoms with Gasteiger partial charge in [-0.05, 0) is 33.6 Å². The van der Waals surface area contributed by atoms with Crippen molar-refractivity contribution in [2.75, 3.05) is 32.7 Å². The maximum absolute atomic E-state index is 12.7. The number of urea groups is 1. The monoisotopic (exact) mass is 382 g/mol. The Hall–Kier alpha value is -2.36. The minimum atomic E-state index is -1.16. The van der Waals surface area contributed by atoms with E-state index in [0.29, 0.717) is 45.6 Å². The lowest BCUT2D eigenvalue weighted by Gasteiger charge is -2.47. The van der Waals surface area contributed by atoms with E-state index in [9.17, 15) is 19.5 Å². The number of guanidine groups is 1. The van der Waals surface area contributed by atoms with E-state index in [2.05, 4.69) is 30.7 Å². The van der Waals surface area contributed by atoms with Gasteiger partial charge in [-0.15, -0.1) is 0 Å². The van der Waals surface area contributed by atoms with Crippen molar-refractivity contribution >= 4 is 23.9 Å². The van der Waals surface area contributed by atoms with Gasteiger partial charge < -0.3 is 21.5 Å². The summed E-state index contributed by atoms with van der Waals surface area (Å²) in [5.41, 5.74) is 10.5. The van der Waals surface area contributed by atoms with Crippen LogP contribution >= 0.6 is 0 Å². The summed E-state index contributed by atoms with van der Waals surface area (Å²) < 4.78 is 0. The summed E-state index contributed by atoms with van der Waals surface area (Å²) in [5, 5.41) is 9.49. The van der Waals surface area contributed by atoms with Gasteiger partial charge in [-0.3, -0.25) is 14.7 Å². The Bertz CT molecular complexity index is 617. The van der Waals surface area contributed by atoms with Crippen LogP contribution in [-0.4, -0.2) is 88.0 Å². The second kappa shape index (κ2) is 8.12. The Morgan fingerprint density at radius 2 is 1.78 bits per heavy atom. The lowest BCUT2D eigenvalue weighted by molar-refractivity contribution is -0.167. The van der Waals surface area contributed by atoms with Gasteiger partial charge in [0.25, 0.3) is 0 Å². The predicted molar refractivity (Wildman–Crippen MR) is 100.0 cm³/mol. The van der Waals surface area contributed by atoms with Crippen molar-refractivity contribution in [1.82, 2.24) is 14.7 Å². The zero-order valence-electron chi connectivity index (χ0n) is 16.2. The predicted octanol–water partition coefficient (Wildman–Crippen LogP) is -0.512. The van der Waals surface area contributed by atoms with Crippen molar-refractivity contribution in [3.8, 4) is 0 Å². The normalized spacial score (nSPS) is 23.7. The highest BCUT2D eigenvalue weighted by Gasteiger charge is 2.55. The van der Waals surface area contributed by atoms with E-state index in [1.807, 2.05) is 0 Å². The molecule has 0 aromatic heterocycles. The van der Waals surface area contributed by atoms with E-state index in [1.54, 1.807) is 4.90 Å². The molecule has 0 aromatic rings. The molecule has 2 heterocycles. The topological polar surface area (TPSA) is 146 Å². The van der Waals surface area contributed by atoms with Gasteiger partial charge in [0.05, 0.1) is 5.92 Å². The first kappa shape index (κ1) is 20.9. The molecule has 2 rings (SSSR count). The highest BCUT2D eigenvalue weighted by Crippen LogP contribution is 2.32. The van der Waals surface area contributed by atoms with Crippen LogP contribution in [0, 0.1) is 5.92 Å². The van der Waals surface area contributed by atoms with Gasteiger partial charge in [0.2, 0.25) is 5.91 Å². The van der Waals surface area contributed by atoms with E-state index in [0.717, 1.165) is 4.90 Å². The van der Waals surface area contributed by atoms with Crippen LogP contribution in [0.5, 0.6) is 0 Å². The van der Waals surface area contributed by atoms with Crippen LogP contribution in [0.2, 0.25) is 0 Å². The molecule has 2 aliphatic heterocycles. The Balaban J connectivity index is 1.95. The van der Waals surface area contributed by atoms with Crippen molar-refractivity contribution in [1.29, 1.82) is 0 Å². The third kappa shape index (κ3) is 4.68. The first-order valence-electron chi connectivity index (χ1n) is 9.19. The van der Waals surface area contributed by atoms with Crippen LogP contribution in [0.25, 0.3) is 0 Å². The van der Waals surface area contributed by atoms with Crippen molar-refractivity contribution in [3.05, 3.63) is 0 Å². The molecule has 2 fully saturated rings. The third-order valence-corrected chi connectivity index (χ3v) is 5.14. The number of aliphatic carboxylic acids is 1. The number of nitrogens with two attached hydrogens (primary N) is 2. The summed E-state index contributed by atoms with van der Waals surface area (Å²) in [6.45, 7) is 8.97. The molecular formula is C17H30N6O4. The van der Waals surface area contributed by atoms with Crippen LogP contribution in [0.1, 0.15) is 33.6 Å². The number of nitrogens with zero attached hydrogens (tertiary/aromatic N) is 4. The number of β-lactam (4-membered cyclic amide) rings is 1. The summed E-state index contributed by atoms with van der Waals surface area (Å²) in [7, 11) is 0. The molecule has 152 valence electrons. The number of carboxylic acid groups (broad SMARTS) is 1. The fourth-order valence-electron chi connectivity index (χ4n) is 3.57. The first-order chi connectivity index (χ1) is 12.5. The molecule has 0 aromatic carbocycles. The second-order valence-electron chi connectivity index (χ2n) is 7.97. The molecule has 0 radical (unpaired) electrons. The lowest BCUT2D eigenvalue weighted by Crippen LogP contribution is -2.69. The molecule has 0 spiro atoms. The third-order valence-electron chi connectivity index (χ3n) is 5.14. The maximum Gasteiger partial charge on any atom is 0.327 e. The van der Waals surface area contributed by atoms with Crippen LogP contribution in [-0.2, 0) is 9.59 Å². The smallest absolute Gasteiger partial charge is 0.327 e. The van der Waals surface area contributed by atoms with Crippen molar-refractivity contribution in [2.45, 2.75) is 45.2 Å².